The Hall–Kier alpha value is -4.13. The first-order chi connectivity index (χ1) is 23.0. The van der Waals surface area contributed by atoms with Crippen LogP contribution >= 0.6 is 0 Å². The molecule has 0 bridgehead atoms. The Bertz CT molecular complexity index is 1650. The fourth-order valence-corrected chi connectivity index (χ4v) is 5.07. The molecular formula is C31H21F15O4. The van der Waals surface area contributed by atoms with Crippen molar-refractivity contribution in [1.29, 1.82) is 0 Å². The van der Waals surface area contributed by atoms with Gasteiger partial charge in [-0.05, 0) is 49.3 Å². The van der Waals surface area contributed by atoms with Gasteiger partial charge in [-0.15, -0.1) is 19.8 Å². The largest absolute Gasteiger partial charge is 0.527 e. The lowest BCUT2D eigenvalue weighted by atomic mass is 9.91. The molecule has 19 heteroatoms. The second-order valence-corrected chi connectivity index (χ2v) is 10.8. The molecule has 50 heavy (non-hydrogen) atoms. The van der Waals surface area contributed by atoms with E-state index in [1.165, 1.54) is 0 Å². The van der Waals surface area contributed by atoms with E-state index in [0.717, 1.165) is 6.42 Å². The molecule has 0 aliphatic carbocycles. The van der Waals surface area contributed by atoms with Crippen LogP contribution in [0.2, 0.25) is 0 Å². The third-order valence-corrected chi connectivity index (χ3v) is 7.23. The van der Waals surface area contributed by atoms with E-state index in [-0.39, 0.29) is 30.2 Å². The number of rotatable bonds is 12. The lowest BCUT2D eigenvalue weighted by molar-refractivity contribution is -0.432. The van der Waals surface area contributed by atoms with Crippen molar-refractivity contribution in [3.05, 3.63) is 106 Å². The monoisotopic (exact) mass is 742 g/mol. The van der Waals surface area contributed by atoms with E-state index in [9.17, 15) is 65.9 Å². The molecule has 1 aliphatic rings. The van der Waals surface area contributed by atoms with Gasteiger partial charge in [-0.3, -0.25) is 0 Å². The fraction of sp³-hybridized carbons (Fsp3) is 0.355. The van der Waals surface area contributed by atoms with Gasteiger partial charge in [0, 0.05) is 24.3 Å². The van der Waals surface area contributed by atoms with Crippen LogP contribution in [0.25, 0.3) is 0 Å². The van der Waals surface area contributed by atoms with Crippen LogP contribution in [0.15, 0.2) is 49.1 Å². The van der Waals surface area contributed by atoms with Gasteiger partial charge in [-0.25, -0.2) is 31.1 Å². The summed E-state index contributed by atoms with van der Waals surface area (Å²) in [6.07, 6.45) is -19.0. The van der Waals surface area contributed by atoms with Crippen LogP contribution in [0.3, 0.4) is 0 Å². The van der Waals surface area contributed by atoms with Crippen molar-refractivity contribution >= 4 is 0 Å². The average Bonchev–Trinajstić information content (AvgIpc) is 2.92. The number of hydrogen-bond donors (Lipinski definition) is 0. The zero-order chi connectivity index (χ0) is 37.4. The summed E-state index contributed by atoms with van der Waals surface area (Å²) in [7, 11) is 0. The van der Waals surface area contributed by atoms with Crippen LogP contribution in [0, 0.1) is 40.8 Å². The minimum atomic E-state index is -6.12. The highest BCUT2D eigenvalue weighted by Gasteiger charge is 2.50. The Morgan fingerprint density at radius 1 is 0.620 bits per heavy atom. The van der Waals surface area contributed by atoms with Crippen molar-refractivity contribution in [2.75, 3.05) is 6.61 Å². The number of allylic oxidation sites excluding steroid dienone is 1. The second-order valence-electron chi connectivity index (χ2n) is 10.8. The summed E-state index contributed by atoms with van der Waals surface area (Å²) in [5, 5.41) is 0. The summed E-state index contributed by atoms with van der Waals surface area (Å²) in [5.41, 5.74) is -7.27. The molecule has 2 unspecified atom stereocenters. The summed E-state index contributed by atoms with van der Waals surface area (Å²) in [4.78, 5) is 0. The van der Waals surface area contributed by atoms with E-state index in [2.05, 4.69) is 20.8 Å². The first-order valence-electron chi connectivity index (χ1n) is 14.0. The Morgan fingerprint density at radius 2 is 1.02 bits per heavy atom. The summed E-state index contributed by atoms with van der Waals surface area (Å²) in [5.74, 6) is -17.1. The third-order valence-electron chi connectivity index (χ3n) is 7.23. The molecule has 0 aromatic heterocycles. The van der Waals surface area contributed by atoms with E-state index in [0.29, 0.717) is 31.4 Å². The molecule has 0 saturated carbocycles. The van der Waals surface area contributed by atoms with Gasteiger partial charge in [0.1, 0.15) is 63.1 Å². The highest BCUT2D eigenvalue weighted by Crippen LogP contribution is 2.44. The maximum absolute atomic E-state index is 14.9. The first kappa shape index (κ1) is 38.7. The van der Waals surface area contributed by atoms with E-state index in [1.54, 1.807) is 6.08 Å². The molecule has 1 saturated heterocycles. The molecular weight excluding hydrogens is 721 g/mol. The van der Waals surface area contributed by atoms with Gasteiger partial charge in [0.2, 0.25) is 0 Å². The quantitative estimate of drug-likeness (QED) is 0.137. The number of halogens is 15. The molecule has 2 atom stereocenters. The van der Waals surface area contributed by atoms with Crippen LogP contribution < -0.4 is 9.47 Å². The Labute approximate surface area is 272 Å². The minimum Gasteiger partial charge on any atom is -0.429 e. The molecule has 4 nitrogen and oxygen atoms in total. The van der Waals surface area contributed by atoms with Gasteiger partial charge in [-0.2, -0.15) is 26.3 Å². The van der Waals surface area contributed by atoms with Crippen molar-refractivity contribution in [3.63, 3.8) is 0 Å². The topological polar surface area (TPSA) is 36.9 Å². The van der Waals surface area contributed by atoms with E-state index in [4.69, 9.17) is 4.74 Å². The smallest absolute Gasteiger partial charge is 0.429 e. The van der Waals surface area contributed by atoms with Crippen molar-refractivity contribution in [1.82, 2.24) is 0 Å². The number of ether oxygens (including phenoxy) is 4. The van der Waals surface area contributed by atoms with E-state index >= 15 is 0 Å². The molecule has 1 fully saturated rings. The van der Waals surface area contributed by atoms with Gasteiger partial charge < -0.3 is 14.2 Å². The minimum absolute atomic E-state index is 0.136. The van der Waals surface area contributed by atoms with Gasteiger partial charge in [-0.1, -0.05) is 6.08 Å². The highest BCUT2D eigenvalue weighted by atomic mass is 19.4. The zero-order valence-corrected chi connectivity index (χ0v) is 24.7. The average molecular weight is 742 g/mol. The van der Waals surface area contributed by atoms with Gasteiger partial charge >= 0.3 is 24.7 Å². The van der Waals surface area contributed by atoms with Crippen LogP contribution in [0.1, 0.15) is 54.0 Å². The molecule has 0 amide bonds. The highest BCUT2D eigenvalue weighted by molar-refractivity contribution is 5.37. The normalized spacial score (nSPS) is 17.5. The van der Waals surface area contributed by atoms with Crippen LogP contribution in [0.5, 0.6) is 11.5 Å². The first-order valence-corrected chi connectivity index (χ1v) is 14.0. The summed E-state index contributed by atoms with van der Waals surface area (Å²) >= 11 is 0. The fourth-order valence-electron chi connectivity index (χ4n) is 5.07. The zero-order valence-electron chi connectivity index (χ0n) is 24.7. The molecule has 3 aromatic rings. The Morgan fingerprint density at radius 3 is 1.38 bits per heavy atom. The van der Waals surface area contributed by atoms with Crippen molar-refractivity contribution in [2.24, 2.45) is 5.92 Å². The molecule has 3 aromatic carbocycles. The Kier molecular flexibility index (Phi) is 11.0. The molecule has 1 aliphatic heterocycles. The van der Waals surface area contributed by atoms with Crippen LogP contribution in [-0.4, -0.2) is 13.0 Å². The van der Waals surface area contributed by atoms with Crippen molar-refractivity contribution < 1.29 is 84.8 Å². The third kappa shape index (κ3) is 8.77. The van der Waals surface area contributed by atoms with Gasteiger partial charge in [0.15, 0.2) is 0 Å². The predicted octanol–water partition coefficient (Wildman–Crippen LogP) is 10.8. The molecule has 0 spiro atoms. The van der Waals surface area contributed by atoms with E-state index in [1.807, 2.05) is 0 Å². The second kappa shape index (κ2) is 14.2. The maximum atomic E-state index is 14.9. The lowest BCUT2D eigenvalue weighted by Gasteiger charge is -2.29. The number of alkyl halides is 9. The SMILES string of the molecule is C=CCCC1CCC(c2cc(F)c(C(F)(F)Oc3cc(F)c(C(F)(F)Oc4cc(F)c(C(F)(F)OC(F)(F)F)c(F)c4)c(F)c3)c(F)c2)OC1. The predicted molar refractivity (Wildman–Crippen MR) is 140 cm³/mol. The summed E-state index contributed by atoms with van der Waals surface area (Å²) in [6.45, 7) is 3.83. The molecule has 0 N–H and O–H groups in total. The van der Waals surface area contributed by atoms with Gasteiger partial charge in [0.25, 0.3) is 0 Å². The van der Waals surface area contributed by atoms with Crippen molar-refractivity contribution in [3.8, 4) is 11.5 Å². The molecule has 1 heterocycles. The number of hydrogen-bond acceptors (Lipinski definition) is 4. The summed E-state index contributed by atoms with van der Waals surface area (Å²) in [6, 6.07) is -0.519. The maximum Gasteiger partial charge on any atom is 0.527 e. The molecule has 4 rings (SSSR count). The van der Waals surface area contributed by atoms with Crippen molar-refractivity contribution in [2.45, 2.75) is 56.5 Å². The molecule has 274 valence electrons. The Balaban J connectivity index is 1.54. The van der Waals surface area contributed by atoms with Gasteiger partial charge in [0.05, 0.1) is 12.7 Å². The number of benzene rings is 3. The van der Waals surface area contributed by atoms with Crippen LogP contribution in [0.4, 0.5) is 65.9 Å². The lowest BCUT2D eigenvalue weighted by Crippen LogP contribution is -2.30. The summed E-state index contributed by atoms with van der Waals surface area (Å²) < 4.78 is 226. The standard InChI is InChI=1S/C31H21F15O4/c1-2-3-4-14-5-6-24(47-13-14)15-7-18(32)25(19(33)8-15)28(38,39)48-16-9-20(34)26(21(35)10-16)29(40,41)49-17-11-22(36)27(23(37)12-17)30(42,43)50-31(44,45)46/h2,7-12,14,24H,1,3-6,13H2. The van der Waals surface area contributed by atoms with Crippen LogP contribution in [-0.2, 0) is 27.8 Å². The molecule has 0 radical (unpaired) electrons. The van der Waals surface area contributed by atoms with E-state index < -0.39 is 106 Å².